The van der Waals surface area contributed by atoms with Gasteiger partial charge in [-0.1, -0.05) is 12.1 Å². The highest BCUT2D eigenvalue weighted by molar-refractivity contribution is 9.10. The molecule has 0 radical (unpaired) electrons. The average molecular weight is 394 g/mol. The van der Waals surface area contributed by atoms with Crippen molar-refractivity contribution < 1.29 is 18.8 Å². The van der Waals surface area contributed by atoms with Crippen LogP contribution in [0.1, 0.15) is 34.7 Å². The Hall–Kier alpha value is -2.28. The van der Waals surface area contributed by atoms with Crippen LogP contribution < -0.4 is 0 Å². The Morgan fingerprint density at radius 2 is 1.88 bits per heavy atom. The summed E-state index contributed by atoms with van der Waals surface area (Å²) in [5.41, 5.74) is 0.796. The molecule has 7 heteroatoms. The number of non-ortho nitro benzene ring substituents is 1. The fourth-order valence-corrected chi connectivity index (χ4v) is 3.07. The molecule has 0 amide bonds. The Kier molecular flexibility index (Phi) is 4.62. The average Bonchev–Trinajstić information content (AvgIpc) is 2.53. The first-order chi connectivity index (χ1) is 11.5. The van der Waals surface area contributed by atoms with Crippen molar-refractivity contribution >= 4 is 27.6 Å². The Bertz CT molecular complexity index is 788. The van der Waals surface area contributed by atoms with Gasteiger partial charge in [0, 0.05) is 12.1 Å². The maximum Gasteiger partial charge on any atom is 0.338 e. The molecule has 5 nitrogen and oxygen atoms in total. The van der Waals surface area contributed by atoms with Gasteiger partial charge in [0.15, 0.2) is 0 Å². The third-order valence-electron chi connectivity index (χ3n) is 4.10. The molecule has 2 aromatic carbocycles. The van der Waals surface area contributed by atoms with Gasteiger partial charge in [0.1, 0.15) is 11.9 Å². The smallest absolute Gasteiger partial charge is 0.338 e. The summed E-state index contributed by atoms with van der Waals surface area (Å²) in [6, 6.07) is 10.4. The maximum atomic E-state index is 14.0. The predicted molar refractivity (Wildman–Crippen MR) is 88.4 cm³/mol. The van der Waals surface area contributed by atoms with E-state index in [1.165, 1.54) is 24.3 Å². The van der Waals surface area contributed by atoms with Crippen molar-refractivity contribution in [3.05, 3.63) is 74.0 Å². The summed E-state index contributed by atoms with van der Waals surface area (Å²) in [5, 5.41) is 10.6. The maximum absolute atomic E-state index is 14.0. The van der Waals surface area contributed by atoms with E-state index in [9.17, 15) is 19.3 Å². The highest BCUT2D eigenvalue weighted by atomic mass is 79.9. The Morgan fingerprint density at radius 1 is 1.21 bits per heavy atom. The minimum atomic E-state index is -0.530. The van der Waals surface area contributed by atoms with E-state index < -0.39 is 10.9 Å². The van der Waals surface area contributed by atoms with Gasteiger partial charge in [0.2, 0.25) is 0 Å². The predicted octanol–water partition coefficient (Wildman–Crippen LogP) is 4.60. The van der Waals surface area contributed by atoms with Gasteiger partial charge in [-0.25, -0.2) is 9.18 Å². The molecule has 0 saturated heterocycles. The van der Waals surface area contributed by atoms with Crippen LogP contribution in [0, 0.1) is 15.9 Å². The van der Waals surface area contributed by atoms with Crippen LogP contribution in [-0.2, 0) is 4.74 Å². The number of nitro groups is 1. The molecular formula is C17H13BrFNO4. The second kappa shape index (κ2) is 6.68. The van der Waals surface area contributed by atoms with E-state index in [-0.39, 0.29) is 29.1 Å². The van der Waals surface area contributed by atoms with Crippen LogP contribution in [0.15, 0.2) is 46.9 Å². The number of carbonyl (C=O) groups is 1. The van der Waals surface area contributed by atoms with Gasteiger partial charge in [-0.3, -0.25) is 10.1 Å². The molecule has 0 unspecified atom stereocenters. The Labute approximate surface area is 145 Å². The number of hydrogen-bond donors (Lipinski definition) is 0. The van der Waals surface area contributed by atoms with Crippen LogP contribution in [-0.4, -0.2) is 17.0 Å². The van der Waals surface area contributed by atoms with Crippen LogP contribution in [0.5, 0.6) is 0 Å². The van der Waals surface area contributed by atoms with E-state index in [2.05, 4.69) is 15.9 Å². The van der Waals surface area contributed by atoms with E-state index in [4.69, 9.17) is 4.74 Å². The molecule has 0 aromatic heterocycles. The molecule has 0 aliphatic heterocycles. The first-order valence-corrected chi connectivity index (χ1v) is 8.14. The summed E-state index contributed by atoms with van der Waals surface area (Å²) in [5.74, 6) is -0.775. The number of esters is 1. The standard InChI is InChI=1S/C17H13BrFNO4/c18-15-3-1-2-14(16(15)19)11-8-13(9-11)24-17(21)10-4-6-12(7-5-10)20(22)23/h1-7,11,13H,8-9H2. The number of rotatable bonds is 4. The minimum absolute atomic E-state index is 0.0251. The third-order valence-corrected chi connectivity index (χ3v) is 4.72. The van der Waals surface area contributed by atoms with Crippen molar-refractivity contribution in [3.8, 4) is 0 Å². The summed E-state index contributed by atoms with van der Waals surface area (Å²) in [7, 11) is 0. The quantitative estimate of drug-likeness (QED) is 0.432. The molecule has 0 bridgehead atoms. The highest BCUT2D eigenvalue weighted by Crippen LogP contribution is 2.41. The zero-order chi connectivity index (χ0) is 17.3. The van der Waals surface area contributed by atoms with Crippen LogP contribution in [0.4, 0.5) is 10.1 Å². The minimum Gasteiger partial charge on any atom is -0.459 e. The molecule has 2 aromatic rings. The van der Waals surface area contributed by atoms with Crippen molar-refractivity contribution in [1.29, 1.82) is 0 Å². The number of ether oxygens (including phenoxy) is 1. The largest absolute Gasteiger partial charge is 0.459 e. The third kappa shape index (κ3) is 3.31. The summed E-state index contributed by atoms with van der Waals surface area (Å²) in [6.45, 7) is 0. The SMILES string of the molecule is O=C(OC1CC(c2cccc(Br)c2F)C1)c1ccc([N+](=O)[O-])cc1. The molecule has 1 fully saturated rings. The lowest BCUT2D eigenvalue weighted by Gasteiger charge is -2.35. The summed E-state index contributed by atoms with van der Waals surface area (Å²) >= 11 is 3.16. The van der Waals surface area contributed by atoms with Gasteiger partial charge in [-0.2, -0.15) is 0 Å². The van der Waals surface area contributed by atoms with Gasteiger partial charge < -0.3 is 4.74 Å². The fraction of sp³-hybridized carbons (Fsp3) is 0.235. The fourth-order valence-electron chi connectivity index (χ4n) is 2.69. The number of carbonyl (C=O) groups excluding carboxylic acids is 1. The van der Waals surface area contributed by atoms with Crippen LogP contribution in [0.25, 0.3) is 0 Å². The molecule has 124 valence electrons. The van der Waals surface area contributed by atoms with Crippen molar-refractivity contribution in [1.82, 2.24) is 0 Å². The van der Waals surface area contributed by atoms with E-state index in [1.54, 1.807) is 18.2 Å². The molecule has 1 aliphatic rings. The number of nitro benzene ring substituents is 1. The van der Waals surface area contributed by atoms with E-state index in [0.717, 1.165) is 0 Å². The Balaban J connectivity index is 1.58. The Morgan fingerprint density at radius 3 is 2.50 bits per heavy atom. The number of halogens is 2. The normalized spacial score (nSPS) is 19.4. The molecule has 0 heterocycles. The van der Waals surface area contributed by atoms with E-state index >= 15 is 0 Å². The summed E-state index contributed by atoms with van der Waals surface area (Å²) < 4.78 is 19.8. The lowest BCUT2D eigenvalue weighted by Crippen LogP contribution is -2.32. The molecule has 1 aliphatic carbocycles. The van der Waals surface area contributed by atoms with Crippen LogP contribution in [0.3, 0.4) is 0 Å². The molecule has 1 saturated carbocycles. The molecular weight excluding hydrogens is 381 g/mol. The lowest BCUT2D eigenvalue weighted by atomic mass is 9.77. The lowest BCUT2D eigenvalue weighted by molar-refractivity contribution is -0.384. The number of nitrogens with zero attached hydrogens (tertiary/aromatic N) is 1. The van der Waals surface area contributed by atoms with Gasteiger partial charge >= 0.3 is 5.97 Å². The second-order valence-corrected chi connectivity index (χ2v) is 6.50. The zero-order valence-electron chi connectivity index (χ0n) is 12.4. The summed E-state index contributed by atoms with van der Waals surface area (Å²) in [4.78, 5) is 22.1. The van der Waals surface area contributed by atoms with Gasteiger partial charge in [-0.15, -0.1) is 0 Å². The molecule has 0 atom stereocenters. The first-order valence-electron chi connectivity index (χ1n) is 7.35. The first kappa shape index (κ1) is 16.6. The molecule has 0 N–H and O–H groups in total. The van der Waals surface area contributed by atoms with Crippen LogP contribution in [0.2, 0.25) is 0 Å². The summed E-state index contributed by atoms with van der Waals surface area (Å²) in [6.07, 6.45) is 0.856. The monoisotopic (exact) mass is 393 g/mol. The van der Waals surface area contributed by atoms with Gasteiger partial charge in [-0.05, 0) is 58.5 Å². The molecule has 24 heavy (non-hydrogen) atoms. The zero-order valence-corrected chi connectivity index (χ0v) is 14.0. The van der Waals surface area contributed by atoms with E-state index in [0.29, 0.717) is 22.9 Å². The number of hydrogen-bond acceptors (Lipinski definition) is 4. The highest BCUT2D eigenvalue weighted by Gasteiger charge is 2.35. The topological polar surface area (TPSA) is 69.4 Å². The van der Waals surface area contributed by atoms with Gasteiger partial charge in [0.25, 0.3) is 5.69 Å². The van der Waals surface area contributed by atoms with Crippen LogP contribution >= 0.6 is 15.9 Å². The molecule has 0 spiro atoms. The van der Waals surface area contributed by atoms with Gasteiger partial charge in [0.05, 0.1) is 15.0 Å². The number of benzene rings is 2. The van der Waals surface area contributed by atoms with Crippen molar-refractivity contribution in [2.75, 3.05) is 0 Å². The van der Waals surface area contributed by atoms with Crippen molar-refractivity contribution in [2.45, 2.75) is 24.9 Å². The molecule has 3 rings (SSSR count). The second-order valence-electron chi connectivity index (χ2n) is 5.64. The van der Waals surface area contributed by atoms with Crippen molar-refractivity contribution in [2.24, 2.45) is 0 Å². The van der Waals surface area contributed by atoms with Crippen molar-refractivity contribution in [3.63, 3.8) is 0 Å². The van der Waals surface area contributed by atoms with E-state index in [1.807, 2.05) is 0 Å².